The van der Waals surface area contributed by atoms with Crippen LogP contribution in [-0.4, -0.2) is 51.9 Å². The predicted molar refractivity (Wildman–Crippen MR) is 102 cm³/mol. The number of anilines is 1. The fourth-order valence-corrected chi connectivity index (χ4v) is 4.02. The molecule has 2 N–H and O–H groups in total. The number of fused-ring (bicyclic) bond motifs is 3. The van der Waals surface area contributed by atoms with E-state index < -0.39 is 23.6 Å². The molecule has 2 atom stereocenters. The number of rotatable bonds is 6. The second kappa shape index (κ2) is 7.26. The molecule has 0 aromatic heterocycles. The fraction of sp³-hybridized carbons (Fsp3) is 0.500. The quantitative estimate of drug-likeness (QED) is 0.771. The molecule has 3 amide bonds. The molecule has 28 heavy (non-hydrogen) atoms. The van der Waals surface area contributed by atoms with E-state index >= 15 is 0 Å². The van der Waals surface area contributed by atoms with Gasteiger partial charge in [-0.2, -0.15) is 0 Å². The second-order valence-electron chi connectivity index (χ2n) is 7.94. The van der Waals surface area contributed by atoms with E-state index in [1.807, 2.05) is 13.8 Å². The van der Waals surface area contributed by atoms with Crippen molar-refractivity contribution >= 4 is 29.4 Å². The highest BCUT2D eigenvalue weighted by atomic mass is 16.4. The maximum Gasteiger partial charge on any atom is 0.326 e. The first-order chi connectivity index (χ1) is 13.1. The van der Waals surface area contributed by atoms with Crippen LogP contribution in [0.2, 0.25) is 0 Å². The Morgan fingerprint density at radius 1 is 1.25 bits per heavy atom. The van der Waals surface area contributed by atoms with Gasteiger partial charge >= 0.3 is 5.97 Å². The van der Waals surface area contributed by atoms with Gasteiger partial charge in [-0.15, -0.1) is 0 Å². The Bertz CT molecular complexity index is 837. The summed E-state index contributed by atoms with van der Waals surface area (Å²) in [6, 6.07) is 5.82. The Kier molecular flexibility index (Phi) is 5.14. The first-order valence-corrected chi connectivity index (χ1v) is 9.41. The number of carbonyl (C=O) groups excluding carboxylic acids is 3. The van der Waals surface area contributed by atoms with Gasteiger partial charge in [0, 0.05) is 6.42 Å². The smallest absolute Gasteiger partial charge is 0.326 e. The summed E-state index contributed by atoms with van der Waals surface area (Å²) >= 11 is 0. The van der Waals surface area contributed by atoms with Gasteiger partial charge in [-0.25, -0.2) is 4.79 Å². The monoisotopic (exact) mass is 387 g/mol. The summed E-state index contributed by atoms with van der Waals surface area (Å²) in [4.78, 5) is 52.6. The minimum absolute atomic E-state index is 0.0883. The van der Waals surface area contributed by atoms with E-state index in [1.165, 1.54) is 4.90 Å². The molecule has 0 spiro atoms. The van der Waals surface area contributed by atoms with Gasteiger partial charge < -0.3 is 15.3 Å². The Morgan fingerprint density at radius 3 is 2.57 bits per heavy atom. The predicted octanol–water partition coefficient (Wildman–Crippen LogP) is 1.60. The Balaban J connectivity index is 1.87. The number of amides is 3. The lowest BCUT2D eigenvalue weighted by molar-refractivity contribution is -0.142. The third kappa shape index (κ3) is 3.34. The zero-order valence-electron chi connectivity index (χ0n) is 16.3. The zero-order valence-corrected chi connectivity index (χ0v) is 16.3. The highest BCUT2D eigenvalue weighted by molar-refractivity contribution is 6.11. The highest BCUT2D eigenvalue weighted by Crippen LogP contribution is 2.43. The molecule has 8 heteroatoms. The average molecular weight is 387 g/mol. The number of nitrogens with one attached hydrogen (secondary N) is 1. The number of nitrogens with zero attached hydrogens (tertiary/aromatic N) is 2. The number of benzene rings is 1. The number of carboxylic acids is 1. The number of hydrogen-bond acceptors (Lipinski definition) is 4. The van der Waals surface area contributed by atoms with Gasteiger partial charge in [-0.1, -0.05) is 26.0 Å². The van der Waals surface area contributed by atoms with Crippen LogP contribution in [0.1, 0.15) is 50.4 Å². The summed E-state index contributed by atoms with van der Waals surface area (Å²) in [7, 11) is 0. The van der Waals surface area contributed by atoms with Crippen molar-refractivity contribution in [2.24, 2.45) is 5.92 Å². The molecule has 0 bridgehead atoms. The van der Waals surface area contributed by atoms with E-state index in [-0.39, 0.29) is 30.7 Å². The van der Waals surface area contributed by atoms with Gasteiger partial charge in [-0.05, 0) is 37.8 Å². The number of carboxylic acid groups (broad SMARTS) is 1. The van der Waals surface area contributed by atoms with Gasteiger partial charge in [0.25, 0.3) is 5.91 Å². The molecule has 2 aliphatic heterocycles. The molecular formula is C20H25N3O5. The van der Waals surface area contributed by atoms with Crippen molar-refractivity contribution in [3.8, 4) is 0 Å². The molecule has 1 fully saturated rings. The standard InChI is InChI=1S/C20H25N3O5/c1-12(2)10-14(19(27)28)21-16(24)11-22-18(26)13-6-4-5-7-15(13)23-17(25)8-9-20(22,23)3/h4-7,12,14H,8-11H2,1-3H3,(H,21,24)(H,27,28). The van der Waals surface area contributed by atoms with Crippen molar-refractivity contribution in [3.63, 3.8) is 0 Å². The summed E-state index contributed by atoms with van der Waals surface area (Å²) in [5.74, 6) is -2.01. The van der Waals surface area contributed by atoms with E-state index in [4.69, 9.17) is 0 Å². The fourth-order valence-electron chi connectivity index (χ4n) is 4.02. The first-order valence-electron chi connectivity index (χ1n) is 9.41. The van der Waals surface area contributed by atoms with Crippen molar-refractivity contribution in [1.82, 2.24) is 10.2 Å². The van der Waals surface area contributed by atoms with Crippen LogP contribution in [0, 0.1) is 5.92 Å². The van der Waals surface area contributed by atoms with Crippen LogP contribution in [0.15, 0.2) is 24.3 Å². The van der Waals surface area contributed by atoms with Crippen molar-refractivity contribution in [3.05, 3.63) is 29.8 Å². The summed E-state index contributed by atoms with van der Waals surface area (Å²) in [5.41, 5.74) is -0.0336. The Hall–Kier alpha value is -2.90. The number of carbonyl (C=O) groups is 4. The number of hydrogen-bond donors (Lipinski definition) is 2. The molecule has 2 aliphatic rings. The van der Waals surface area contributed by atoms with Crippen LogP contribution in [0.25, 0.3) is 0 Å². The molecular weight excluding hydrogens is 362 g/mol. The molecule has 3 rings (SSSR count). The molecule has 0 aliphatic carbocycles. The van der Waals surface area contributed by atoms with E-state index in [1.54, 1.807) is 36.1 Å². The third-order valence-corrected chi connectivity index (χ3v) is 5.39. The lowest BCUT2D eigenvalue weighted by atomic mass is 9.98. The zero-order chi connectivity index (χ0) is 20.6. The lowest BCUT2D eigenvalue weighted by Gasteiger charge is -2.48. The number of para-hydroxylation sites is 1. The summed E-state index contributed by atoms with van der Waals surface area (Å²) < 4.78 is 0. The van der Waals surface area contributed by atoms with Crippen LogP contribution in [-0.2, 0) is 14.4 Å². The molecule has 1 aromatic rings. The minimum Gasteiger partial charge on any atom is -0.480 e. The van der Waals surface area contributed by atoms with Gasteiger partial charge in [-0.3, -0.25) is 19.3 Å². The van der Waals surface area contributed by atoms with Crippen molar-refractivity contribution < 1.29 is 24.3 Å². The Labute approximate surface area is 163 Å². The van der Waals surface area contributed by atoms with Crippen molar-refractivity contribution in [2.75, 3.05) is 11.4 Å². The normalized spacial score (nSPS) is 22.1. The van der Waals surface area contributed by atoms with Crippen LogP contribution in [0.4, 0.5) is 5.69 Å². The summed E-state index contributed by atoms with van der Waals surface area (Å²) in [6.07, 6.45) is 0.981. The molecule has 1 aromatic carbocycles. The van der Waals surface area contributed by atoms with E-state index in [0.717, 1.165) is 0 Å². The van der Waals surface area contributed by atoms with E-state index in [9.17, 15) is 24.3 Å². The minimum atomic E-state index is -1.11. The highest BCUT2D eigenvalue weighted by Gasteiger charge is 2.53. The molecule has 2 heterocycles. The van der Waals surface area contributed by atoms with Gasteiger partial charge in [0.1, 0.15) is 18.2 Å². The van der Waals surface area contributed by atoms with E-state index in [0.29, 0.717) is 24.1 Å². The molecule has 0 radical (unpaired) electrons. The third-order valence-electron chi connectivity index (χ3n) is 5.39. The van der Waals surface area contributed by atoms with Gasteiger partial charge in [0.2, 0.25) is 11.8 Å². The molecule has 0 saturated carbocycles. The van der Waals surface area contributed by atoms with Gasteiger partial charge in [0.05, 0.1) is 11.3 Å². The molecule has 2 unspecified atom stereocenters. The molecule has 150 valence electrons. The first kappa shape index (κ1) is 19.9. The summed E-state index contributed by atoms with van der Waals surface area (Å²) in [5, 5.41) is 11.9. The van der Waals surface area contributed by atoms with Crippen molar-refractivity contribution in [1.29, 1.82) is 0 Å². The molecule has 8 nitrogen and oxygen atoms in total. The maximum absolute atomic E-state index is 13.1. The van der Waals surface area contributed by atoms with Crippen LogP contribution < -0.4 is 10.2 Å². The Morgan fingerprint density at radius 2 is 1.93 bits per heavy atom. The molecule has 1 saturated heterocycles. The average Bonchev–Trinajstić information content (AvgIpc) is 2.93. The van der Waals surface area contributed by atoms with Crippen LogP contribution >= 0.6 is 0 Å². The summed E-state index contributed by atoms with van der Waals surface area (Å²) in [6.45, 7) is 5.20. The number of aliphatic carboxylic acids is 1. The second-order valence-corrected chi connectivity index (χ2v) is 7.94. The SMILES string of the molecule is CC(C)CC(NC(=O)CN1C(=O)c2ccccc2N2C(=O)CCC12C)C(=O)O. The lowest BCUT2D eigenvalue weighted by Crippen LogP contribution is -2.64. The van der Waals surface area contributed by atoms with Crippen LogP contribution in [0.3, 0.4) is 0 Å². The van der Waals surface area contributed by atoms with Gasteiger partial charge in [0.15, 0.2) is 0 Å². The van der Waals surface area contributed by atoms with Crippen molar-refractivity contribution in [2.45, 2.75) is 51.7 Å². The topological polar surface area (TPSA) is 107 Å². The van der Waals surface area contributed by atoms with Crippen LogP contribution in [0.5, 0.6) is 0 Å². The largest absolute Gasteiger partial charge is 0.480 e. The maximum atomic E-state index is 13.1. The van der Waals surface area contributed by atoms with E-state index in [2.05, 4.69) is 5.32 Å².